The molecule has 4 rings (SSSR count). The highest BCUT2D eigenvalue weighted by molar-refractivity contribution is 5.82. The van der Waals surface area contributed by atoms with Crippen LogP contribution in [0.25, 0.3) is 0 Å². The summed E-state index contributed by atoms with van der Waals surface area (Å²) in [6.07, 6.45) is 4.73. The Labute approximate surface area is 155 Å². The normalized spacial score (nSPS) is 27.2. The van der Waals surface area contributed by atoms with E-state index in [1.54, 1.807) is 0 Å². The lowest BCUT2D eigenvalue weighted by atomic mass is 9.74. The second-order valence-corrected chi connectivity index (χ2v) is 8.27. The van der Waals surface area contributed by atoms with Crippen LogP contribution in [-0.2, 0) is 10.2 Å². The number of hydrogen-bond acceptors (Lipinski definition) is 4. The quantitative estimate of drug-likeness (QED) is 0.852. The summed E-state index contributed by atoms with van der Waals surface area (Å²) in [6.45, 7) is 4.44. The Morgan fingerprint density at radius 1 is 1.12 bits per heavy atom. The summed E-state index contributed by atoms with van der Waals surface area (Å²) in [4.78, 5) is 15.0. The van der Waals surface area contributed by atoms with Gasteiger partial charge in [-0.3, -0.25) is 4.79 Å². The van der Waals surface area contributed by atoms with Crippen molar-refractivity contribution in [3.8, 4) is 6.07 Å². The van der Waals surface area contributed by atoms with Crippen LogP contribution in [0.5, 0.6) is 0 Å². The third-order valence-corrected chi connectivity index (χ3v) is 6.79. The van der Waals surface area contributed by atoms with Gasteiger partial charge in [-0.25, -0.2) is 0 Å². The van der Waals surface area contributed by atoms with Gasteiger partial charge in [0.1, 0.15) is 0 Å². The number of likely N-dealkylation sites (tertiary alicyclic amines) is 1. The lowest BCUT2D eigenvalue weighted by molar-refractivity contribution is -0.134. The van der Waals surface area contributed by atoms with Crippen molar-refractivity contribution in [2.75, 3.05) is 32.7 Å². The number of benzene rings is 1. The molecule has 0 aromatic heterocycles. The molecule has 0 unspecified atom stereocenters. The Kier molecular flexibility index (Phi) is 4.73. The molecule has 26 heavy (non-hydrogen) atoms. The van der Waals surface area contributed by atoms with Crippen molar-refractivity contribution in [2.24, 2.45) is 5.41 Å². The SMILES string of the molecule is N#CC1(c2ccccc2)CCN(C(=O)[C@@H]2CC3(CCNCC3)CN2)CC1. The first-order valence-corrected chi connectivity index (χ1v) is 9.86. The fourth-order valence-electron chi connectivity index (χ4n) is 4.98. The lowest BCUT2D eigenvalue weighted by Gasteiger charge is -2.39. The van der Waals surface area contributed by atoms with Gasteiger partial charge in [0, 0.05) is 19.6 Å². The van der Waals surface area contributed by atoms with Gasteiger partial charge in [-0.1, -0.05) is 30.3 Å². The molecule has 5 heteroatoms. The number of nitriles is 1. The summed E-state index contributed by atoms with van der Waals surface area (Å²) in [5.74, 6) is 0.236. The van der Waals surface area contributed by atoms with Crippen molar-refractivity contribution in [2.45, 2.75) is 43.6 Å². The van der Waals surface area contributed by atoms with Crippen LogP contribution in [0.2, 0.25) is 0 Å². The molecule has 1 atom stereocenters. The minimum Gasteiger partial charge on any atom is -0.341 e. The molecule has 1 amide bonds. The van der Waals surface area contributed by atoms with Crippen molar-refractivity contribution in [3.05, 3.63) is 35.9 Å². The summed E-state index contributed by atoms with van der Waals surface area (Å²) < 4.78 is 0. The molecule has 3 aliphatic heterocycles. The van der Waals surface area contributed by atoms with E-state index in [4.69, 9.17) is 0 Å². The van der Waals surface area contributed by atoms with Crippen molar-refractivity contribution in [1.82, 2.24) is 15.5 Å². The Bertz CT molecular complexity index is 682. The minimum absolute atomic E-state index is 0.0422. The zero-order valence-electron chi connectivity index (χ0n) is 15.3. The van der Waals surface area contributed by atoms with Gasteiger partial charge in [0.2, 0.25) is 5.91 Å². The number of hydrogen-bond donors (Lipinski definition) is 2. The van der Waals surface area contributed by atoms with Crippen LogP contribution in [0.15, 0.2) is 30.3 Å². The predicted molar refractivity (Wildman–Crippen MR) is 100 cm³/mol. The van der Waals surface area contributed by atoms with E-state index in [1.165, 1.54) is 0 Å². The molecule has 3 heterocycles. The first-order valence-electron chi connectivity index (χ1n) is 9.86. The highest BCUT2D eigenvalue weighted by Crippen LogP contribution is 2.39. The molecule has 5 nitrogen and oxygen atoms in total. The smallest absolute Gasteiger partial charge is 0.239 e. The highest BCUT2D eigenvalue weighted by Gasteiger charge is 2.45. The minimum atomic E-state index is -0.447. The van der Waals surface area contributed by atoms with Gasteiger partial charge in [0.25, 0.3) is 0 Å². The number of carbonyl (C=O) groups excluding carboxylic acids is 1. The Balaban J connectivity index is 1.39. The molecule has 3 saturated heterocycles. The van der Waals surface area contributed by atoms with Gasteiger partial charge in [-0.2, -0.15) is 5.26 Å². The molecule has 0 bridgehead atoms. The van der Waals surface area contributed by atoms with Crippen molar-refractivity contribution in [3.63, 3.8) is 0 Å². The zero-order chi connectivity index (χ0) is 18.0. The van der Waals surface area contributed by atoms with E-state index >= 15 is 0 Å². The number of rotatable bonds is 2. The summed E-state index contributed by atoms with van der Waals surface area (Å²) in [7, 11) is 0. The molecule has 3 aliphatic rings. The number of piperidine rings is 2. The van der Waals surface area contributed by atoms with E-state index in [0.29, 0.717) is 18.5 Å². The third kappa shape index (κ3) is 3.13. The highest BCUT2D eigenvalue weighted by atomic mass is 16.2. The van der Waals surface area contributed by atoms with Gasteiger partial charge < -0.3 is 15.5 Å². The Hall–Kier alpha value is -1.90. The van der Waals surface area contributed by atoms with E-state index < -0.39 is 5.41 Å². The summed E-state index contributed by atoms with van der Waals surface area (Å²) in [6, 6.07) is 12.6. The van der Waals surface area contributed by atoms with Crippen molar-refractivity contribution < 1.29 is 4.79 Å². The van der Waals surface area contributed by atoms with Crippen LogP contribution < -0.4 is 10.6 Å². The Morgan fingerprint density at radius 3 is 2.46 bits per heavy atom. The molecule has 2 N–H and O–H groups in total. The van der Waals surface area contributed by atoms with Crippen LogP contribution in [0.4, 0.5) is 0 Å². The molecule has 1 aromatic carbocycles. The van der Waals surface area contributed by atoms with E-state index in [9.17, 15) is 10.1 Å². The molecule has 0 radical (unpaired) electrons. The van der Waals surface area contributed by atoms with E-state index in [-0.39, 0.29) is 11.9 Å². The average Bonchev–Trinajstić information content (AvgIpc) is 3.12. The number of carbonyl (C=O) groups is 1. The molecule has 0 aliphatic carbocycles. The maximum Gasteiger partial charge on any atom is 0.239 e. The van der Waals surface area contributed by atoms with Crippen LogP contribution in [-0.4, -0.2) is 49.6 Å². The molecule has 3 fully saturated rings. The maximum atomic E-state index is 13.0. The molecular weight excluding hydrogens is 324 g/mol. The van der Waals surface area contributed by atoms with Crippen LogP contribution in [0.3, 0.4) is 0 Å². The zero-order valence-corrected chi connectivity index (χ0v) is 15.3. The molecule has 1 spiro atoms. The van der Waals surface area contributed by atoms with Crippen molar-refractivity contribution >= 4 is 5.91 Å². The average molecular weight is 352 g/mol. The summed E-state index contributed by atoms with van der Waals surface area (Å²) in [5, 5.41) is 16.7. The predicted octanol–water partition coefficient (Wildman–Crippen LogP) is 1.80. The van der Waals surface area contributed by atoms with E-state index in [2.05, 4.69) is 16.7 Å². The molecule has 1 aromatic rings. The fraction of sp³-hybridized carbons (Fsp3) is 0.619. The first-order chi connectivity index (χ1) is 12.7. The second kappa shape index (κ2) is 7.02. The van der Waals surface area contributed by atoms with Crippen LogP contribution in [0.1, 0.15) is 37.7 Å². The number of nitrogens with one attached hydrogen (secondary N) is 2. The first kappa shape index (κ1) is 17.5. The van der Waals surface area contributed by atoms with Gasteiger partial charge >= 0.3 is 0 Å². The largest absolute Gasteiger partial charge is 0.341 e. The monoisotopic (exact) mass is 352 g/mol. The summed E-state index contributed by atoms with van der Waals surface area (Å²) >= 11 is 0. The maximum absolute atomic E-state index is 13.0. The Morgan fingerprint density at radius 2 is 1.81 bits per heavy atom. The standard InChI is InChI=1S/C21H28N4O/c22-15-21(17-4-2-1-3-5-17)8-12-25(13-9-21)19(26)18-14-20(16-24-18)6-10-23-11-7-20/h1-5,18,23-24H,6-14,16H2/t18-/m0/s1. The van der Waals surface area contributed by atoms with Crippen LogP contribution in [0, 0.1) is 16.7 Å². The van der Waals surface area contributed by atoms with Gasteiger partial charge in [-0.05, 0) is 56.2 Å². The van der Waals surface area contributed by atoms with Gasteiger partial charge in [0.05, 0.1) is 17.5 Å². The lowest BCUT2D eigenvalue weighted by Crippen LogP contribution is -2.50. The summed E-state index contributed by atoms with van der Waals surface area (Å²) in [5.41, 5.74) is 0.946. The fourth-order valence-corrected chi connectivity index (χ4v) is 4.98. The topological polar surface area (TPSA) is 68.2 Å². The number of amides is 1. The van der Waals surface area contributed by atoms with Gasteiger partial charge in [0.15, 0.2) is 0 Å². The van der Waals surface area contributed by atoms with E-state index in [1.807, 2.05) is 35.2 Å². The van der Waals surface area contributed by atoms with E-state index in [0.717, 1.165) is 57.3 Å². The second-order valence-electron chi connectivity index (χ2n) is 8.27. The molecular formula is C21H28N4O. The van der Waals surface area contributed by atoms with Gasteiger partial charge in [-0.15, -0.1) is 0 Å². The third-order valence-electron chi connectivity index (χ3n) is 6.79. The molecule has 138 valence electrons. The molecule has 0 saturated carbocycles. The van der Waals surface area contributed by atoms with Crippen molar-refractivity contribution in [1.29, 1.82) is 5.26 Å². The van der Waals surface area contributed by atoms with Crippen LogP contribution >= 0.6 is 0 Å². The number of nitrogens with zero attached hydrogens (tertiary/aromatic N) is 2.